The van der Waals surface area contributed by atoms with Crippen LogP contribution in [0.5, 0.6) is 0 Å². The Balaban J connectivity index is 1.99. The number of hydrogen-bond donors (Lipinski definition) is 3. The van der Waals surface area contributed by atoms with E-state index in [1.807, 2.05) is 44.2 Å². The monoisotopic (exact) mass is 300 g/mol. The Bertz CT molecular complexity index is 608. The maximum Gasteiger partial charge on any atom is 0.171 e. The Morgan fingerprint density at radius 1 is 1.14 bits per heavy atom. The molecular formula is C16H20N4S. The first-order chi connectivity index (χ1) is 10.0. The zero-order chi connectivity index (χ0) is 15.2. The zero-order valence-corrected chi connectivity index (χ0v) is 13.3. The number of rotatable bonds is 4. The molecule has 0 radical (unpaired) electrons. The summed E-state index contributed by atoms with van der Waals surface area (Å²) in [6.45, 7) is 6.15. The van der Waals surface area contributed by atoms with Crippen LogP contribution < -0.4 is 16.0 Å². The van der Waals surface area contributed by atoms with Crippen LogP contribution in [-0.2, 0) is 0 Å². The van der Waals surface area contributed by atoms with Crippen molar-refractivity contribution in [3.8, 4) is 0 Å². The second-order valence-corrected chi connectivity index (χ2v) is 5.53. The van der Waals surface area contributed by atoms with Gasteiger partial charge in [-0.1, -0.05) is 18.2 Å². The molecule has 0 aliphatic rings. The molecule has 2 aromatic rings. The fourth-order valence-corrected chi connectivity index (χ4v) is 2.18. The van der Waals surface area contributed by atoms with Crippen LogP contribution in [0.2, 0.25) is 0 Å². The Hall–Kier alpha value is -2.14. The molecule has 0 bridgehead atoms. The van der Waals surface area contributed by atoms with E-state index in [1.54, 1.807) is 6.20 Å². The van der Waals surface area contributed by atoms with E-state index in [1.165, 1.54) is 5.56 Å². The number of aromatic nitrogens is 1. The average molecular weight is 300 g/mol. The highest BCUT2D eigenvalue weighted by Crippen LogP contribution is 2.19. The Morgan fingerprint density at radius 2 is 1.90 bits per heavy atom. The summed E-state index contributed by atoms with van der Waals surface area (Å²) in [4.78, 5) is 4.39. The minimum atomic E-state index is 0.306. The molecule has 0 spiro atoms. The summed E-state index contributed by atoms with van der Waals surface area (Å²) >= 11 is 5.20. The van der Waals surface area contributed by atoms with Crippen LogP contribution in [0.1, 0.15) is 19.4 Å². The first-order valence-electron chi connectivity index (χ1n) is 6.91. The van der Waals surface area contributed by atoms with Crippen molar-refractivity contribution in [1.29, 1.82) is 0 Å². The van der Waals surface area contributed by atoms with Crippen molar-refractivity contribution in [3.63, 3.8) is 0 Å². The van der Waals surface area contributed by atoms with E-state index in [-0.39, 0.29) is 0 Å². The molecule has 1 aromatic carbocycles. The molecular weight excluding hydrogens is 280 g/mol. The summed E-state index contributed by atoms with van der Waals surface area (Å²) in [5.41, 5.74) is 3.11. The second-order valence-electron chi connectivity index (χ2n) is 5.13. The van der Waals surface area contributed by atoms with E-state index >= 15 is 0 Å². The van der Waals surface area contributed by atoms with Crippen molar-refractivity contribution >= 4 is 34.5 Å². The van der Waals surface area contributed by atoms with Crippen LogP contribution in [0.4, 0.5) is 17.2 Å². The van der Waals surface area contributed by atoms with Crippen LogP contribution in [-0.4, -0.2) is 16.1 Å². The number of pyridine rings is 1. The molecule has 0 fully saturated rings. The van der Waals surface area contributed by atoms with Gasteiger partial charge in [0, 0.05) is 11.7 Å². The van der Waals surface area contributed by atoms with Crippen LogP contribution in [0.15, 0.2) is 42.6 Å². The molecule has 21 heavy (non-hydrogen) atoms. The third kappa shape index (κ3) is 4.72. The van der Waals surface area contributed by atoms with Gasteiger partial charge < -0.3 is 16.0 Å². The van der Waals surface area contributed by atoms with Gasteiger partial charge in [-0.05, 0) is 56.8 Å². The van der Waals surface area contributed by atoms with Gasteiger partial charge in [0.15, 0.2) is 5.11 Å². The molecule has 0 aliphatic carbocycles. The van der Waals surface area contributed by atoms with Crippen LogP contribution in [0.3, 0.4) is 0 Å². The summed E-state index contributed by atoms with van der Waals surface area (Å²) in [7, 11) is 0. The van der Waals surface area contributed by atoms with Crippen LogP contribution in [0.25, 0.3) is 0 Å². The second kappa shape index (κ2) is 7.04. The summed E-state index contributed by atoms with van der Waals surface area (Å²) in [5.74, 6) is 0.803. The highest BCUT2D eigenvalue weighted by Gasteiger charge is 2.02. The zero-order valence-electron chi connectivity index (χ0n) is 12.5. The molecule has 1 heterocycles. The fourth-order valence-electron chi connectivity index (χ4n) is 1.82. The predicted octanol–water partition coefficient (Wildman–Crippen LogP) is 3.83. The molecule has 0 unspecified atom stereocenters. The Labute approximate surface area is 131 Å². The smallest absolute Gasteiger partial charge is 0.171 e. The van der Waals surface area contributed by atoms with Crippen molar-refractivity contribution in [2.45, 2.75) is 26.8 Å². The molecule has 1 aromatic heterocycles. The molecule has 0 saturated heterocycles. The van der Waals surface area contributed by atoms with Crippen LogP contribution >= 0.6 is 12.2 Å². The highest BCUT2D eigenvalue weighted by atomic mass is 32.1. The van der Waals surface area contributed by atoms with Crippen LogP contribution in [0, 0.1) is 6.92 Å². The average Bonchev–Trinajstić information content (AvgIpc) is 2.42. The first-order valence-corrected chi connectivity index (χ1v) is 7.31. The Kier molecular flexibility index (Phi) is 5.11. The van der Waals surface area contributed by atoms with Gasteiger partial charge in [0.25, 0.3) is 0 Å². The largest absolute Gasteiger partial charge is 0.360 e. The molecule has 0 aliphatic heterocycles. The number of para-hydroxylation sites is 1. The van der Waals surface area contributed by atoms with E-state index in [2.05, 4.69) is 33.9 Å². The first kappa shape index (κ1) is 15.3. The van der Waals surface area contributed by atoms with Crippen molar-refractivity contribution < 1.29 is 0 Å². The van der Waals surface area contributed by atoms with Crippen molar-refractivity contribution in [2.75, 3.05) is 10.6 Å². The minimum absolute atomic E-state index is 0.306. The van der Waals surface area contributed by atoms with Gasteiger partial charge in [0.1, 0.15) is 5.82 Å². The van der Waals surface area contributed by atoms with Gasteiger partial charge >= 0.3 is 0 Å². The number of hydrogen-bond acceptors (Lipinski definition) is 3. The number of anilines is 3. The summed E-state index contributed by atoms with van der Waals surface area (Å²) in [6, 6.07) is 12.3. The van der Waals surface area contributed by atoms with E-state index in [0.717, 1.165) is 17.2 Å². The van der Waals surface area contributed by atoms with Crippen molar-refractivity contribution in [2.24, 2.45) is 0 Å². The maximum absolute atomic E-state index is 5.20. The number of aryl methyl sites for hydroxylation is 1. The Morgan fingerprint density at radius 3 is 2.52 bits per heavy atom. The standard InChI is InChI=1S/C16H20N4S/c1-11(2)18-16(21)19-13-8-9-15(17-10-13)20-14-7-5-4-6-12(14)3/h4-11H,1-3H3,(H,17,20)(H2,18,19,21). The summed E-state index contributed by atoms with van der Waals surface area (Å²) in [6.07, 6.45) is 1.76. The van der Waals surface area contributed by atoms with Gasteiger partial charge in [-0.15, -0.1) is 0 Å². The van der Waals surface area contributed by atoms with Gasteiger partial charge in [-0.2, -0.15) is 0 Å². The lowest BCUT2D eigenvalue weighted by Gasteiger charge is -2.13. The number of thiocarbonyl (C=S) groups is 1. The predicted molar refractivity (Wildman–Crippen MR) is 93.2 cm³/mol. The molecule has 4 nitrogen and oxygen atoms in total. The molecule has 0 atom stereocenters. The van der Waals surface area contributed by atoms with E-state index in [4.69, 9.17) is 12.2 Å². The lowest BCUT2D eigenvalue weighted by molar-refractivity contribution is 0.739. The van der Waals surface area contributed by atoms with Crippen molar-refractivity contribution in [3.05, 3.63) is 48.2 Å². The quantitative estimate of drug-likeness (QED) is 0.749. The normalized spacial score (nSPS) is 10.3. The fraction of sp³-hybridized carbons (Fsp3) is 0.250. The minimum Gasteiger partial charge on any atom is -0.360 e. The SMILES string of the molecule is Cc1ccccc1Nc1ccc(NC(=S)NC(C)C)cn1. The summed E-state index contributed by atoms with van der Waals surface area (Å²) < 4.78 is 0. The van der Waals surface area contributed by atoms with Gasteiger partial charge in [0.05, 0.1) is 11.9 Å². The third-order valence-corrected chi connectivity index (χ3v) is 3.07. The third-order valence-electron chi connectivity index (χ3n) is 2.85. The topological polar surface area (TPSA) is 49.0 Å². The lowest BCUT2D eigenvalue weighted by atomic mass is 10.2. The molecule has 2 rings (SSSR count). The van der Waals surface area contributed by atoms with Crippen molar-refractivity contribution in [1.82, 2.24) is 10.3 Å². The van der Waals surface area contributed by atoms with E-state index < -0.39 is 0 Å². The number of nitrogens with zero attached hydrogens (tertiary/aromatic N) is 1. The molecule has 3 N–H and O–H groups in total. The lowest BCUT2D eigenvalue weighted by Crippen LogP contribution is -2.33. The van der Waals surface area contributed by atoms with Gasteiger partial charge in [0.2, 0.25) is 0 Å². The molecule has 0 amide bonds. The van der Waals surface area contributed by atoms with E-state index in [0.29, 0.717) is 11.2 Å². The molecule has 5 heteroatoms. The highest BCUT2D eigenvalue weighted by molar-refractivity contribution is 7.80. The number of nitrogens with one attached hydrogen (secondary N) is 3. The maximum atomic E-state index is 5.20. The van der Waals surface area contributed by atoms with Gasteiger partial charge in [-0.25, -0.2) is 4.98 Å². The number of benzene rings is 1. The van der Waals surface area contributed by atoms with Gasteiger partial charge in [-0.3, -0.25) is 0 Å². The van der Waals surface area contributed by atoms with E-state index in [9.17, 15) is 0 Å². The molecule has 0 saturated carbocycles. The summed E-state index contributed by atoms with van der Waals surface area (Å²) in [5, 5.41) is 10.1. The molecule has 110 valence electrons.